The lowest BCUT2D eigenvalue weighted by Gasteiger charge is -2.16. The maximum atomic E-state index is 3.77. The molecule has 0 fully saturated rings. The van der Waals surface area contributed by atoms with Crippen LogP contribution in [0.1, 0.15) is 49.8 Å². The molecule has 0 spiro atoms. The maximum Gasteiger partial charge on any atom is 0.0320 e. The van der Waals surface area contributed by atoms with Crippen LogP contribution in [0.3, 0.4) is 0 Å². The van der Waals surface area contributed by atoms with Crippen molar-refractivity contribution in [2.45, 2.75) is 38.6 Å². The molecule has 1 rings (SSSR count). The number of hydrogen-bond donors (Lipinski definition) is 1. The van der Waals surface area contributed by atoms with Crippen LogP contribution in [0.4, 0.5) is 0 Å². The van der Waals surface area contributed by atoms with Gasteiger partial charge in [-0.3, -0.25) is 0 Å². The minimum Gasteiger partial charge on any atom is -0.313 e. The van der Waals surface area contributed by atoms with E-state index < -0.39 is 0 Å². The second kappa shape index (κ2) is 6.49. The average Bonchev–Trinajstić information content (AvgIpc) is 2.30. The SMILES string of the molecule is C=CCCC(NC)c1ccc(C(C)C)cc1. The summed E-state index contributed by atoms with van der Waals surface area (Å²) in [6.45, 7) is 8.22. The molecule has 1 N–H and O–H groups in total. The highest BCUT2D eigenvalue weighted by atomic mass is 14.9. The lowest BCUT2D eigenvalue weighted by Crippen LogP contribution is -2.16. The Kier molecular flexibility index (Phi) is 5.27. The lowest BCUT2D eigenvalue weighted by atomic mass is 9.97. The van der Waals surface area contributed by atoms with Crippen LogP contribution in [0.15, 0.2) is 36.9 Å². The van der Waals surface area contributed by atoms with Gasteiger partial charge in [0.1, 0.15) is 0 Å². The molecule has 0 saturated heterocycles. The summed E-state index contributed by atoms with van der Waals surface area (Å²) >= 11 is 0. The Morgan fingerprint density at radius 2 is 1.75 bits per heavy atom. The zero-order valence-electron chi connectivity index (χ0n) is 10.7. The van der Waals surface area contributed by atoms with Gasteiger partial charge in [-0.05, 0) is 36.9 Å². The quantitative estimate of drug-likeness (QED) is 0.709. The Bertz CT molecular complexity index is 311. The van der Waals surface area contributed by atoms with E-state index in [0.717, 1.165) is 12.8 Å². The zero-order chi connectivity index (χ0) is 12.0. The van der Waals surface area contributed by atoms with Crippen molar-refractivity contribution >= 4 is 0 Å². The molecule has 1 aromatic carbocycles. The molecule has 0 aliphatic heterocycles. The Hall–Kier alpha value is -1.08. The minimum atomic E-state index is 0.444. The van der Waals surface area contributed by atoms with E-state index in [9.17, 15) is 0 Å². The van der Waals surface area contributed by atoms with Gasteiger partial charge >= 0.3 is 0 Å². The molecule has 88 valence electrons. The fourth-order valence-electron chi connectivity index (χ4n) is 1.88. The van der Waals surface area contributed by atoms with Crippen molar-refractivity contribution in [3.63, 3.8) is 0 Å². The first-order valence-corrected chi connectivity index (χ1v) is 6.07. The Morgan fingerprint density at radius 1 is 1.19 bits per heavy atom. The minimum absolute atomic E-state index is 0.444. The van der Waals surface area contributed by atoms with Crippen molar-refractivity contribution in [1.82, 2.24) is 5.32 Å². The molecule has 0 saturated carbocycles. The van der Waals surface area contributed by atoms with E-state index in [0.29, 0.717) is 12.0 Å². The fourth-order valence-corrected chi connectivity index (χ4v) is 1.88. The zero-order valence-corrected chi connectivity index (χ0v) is 10.7. The molecular weight excluding hydrogens is 194 g/mol. The van der Waals surface area contributed by atoms with E-state index in [1.54, 1.807) is 0 Å². The van der Waals surface area contributed by atoms with E-state index in [4.69, 9.17) is 0 Å². The van der Waals surface area contributed by atoms with E-state index in [2.05, 4.69) is 50.0 Å². The number of benzene rings is 1. The van der Waals surface area contributed by atoms with Gasteiger partial charge in [0.15, 0.2) is 0 Å². The largest absolute Gasteiger partial charge is 0.313 e. The van der Waals surface area contributed by atoms with Gasteiger partial charge in [-0.1, -0.05) is 44.2 Å². The van der Waals surface area contributed by atoms with Crippen LogP contribution < -0.4 is 5.32 Å². The predicted molar refractivity (Wildman–Crippen MR) is 71.8 cm³/mol. The summed E-state index contributed by atoms with van der Waals surface area (Å²) in [4.78, 5) is 0. The molecule has 16 heavy (non-hydrogen) atoms. The molecule has 1 unspecified atom stereocenters. The van der Waals surface area contributed by atoms with Crippen LogP contribution in [-0.4, -0.2) is 7.05 Å². The van der Waals surface area contributed by atoms with E-state index in [1.165, 1.54) is 11.1 Å². The van der Waals surface area contributed by atoms with Crippen LogP contribution in [0.25, 0.3) is 0 Å². The van der Waals surface area contributed by atoms with Crippen molar-refractivity contribution in [1.29, 1.82) is 0 Å². The highest BCUT2D eigenvalue weighted by molar-refractivity contribution is 5.26. The highest BCUT2D eigenvalue weighted by Gasteiger charge is 2.08. The van der Waals surface area contributed by atoms with Crippen molar-refractivity contribution < 1.29 is 0 Å². The van der Waals surface area contributed by atoms with Crippen molar-refractivity contribution in [3.8, 4) is 0 Å². The van der Waals surface area contributed by atoms with Crippen LogP contribution >= 0.6 is 0 Å². The van der Waals surface area contributed by atoms with Crippen LogP contribution in [0.2, 0.25) is 0 Å². The van der Waals surface area contributed by atoms with Crippen LogP contribution in [0.5, 0.6) is 0 Å². The number of rotatable bonds is 6. The van der Waals surface area contributed by atoms with E-state index >= 15 is 0 Å². The molecule has 0 amide bonds. The first-order valence-electron chi connectivity index (χ1n) is 6.07. The second-order valence-corrected chi connectivity index (χ2v) is 4.53. The first-order chi connectivity index (χ1) is 7.69. The van der Waals surface area contributed by atoms with Gasteiger partial charge in [-0.25, -0.2) is 0 Å². The summed E-state index contributed by atoms with van der Waals surface area (Å²) < 4.78 is 0. The van der Waals surface area contributed by atoms with Gasteiger partial charge in [0.2, 0.25) is 0 Å². The van der Waals surface area contributed by atoms with Gasteiger partial charge in [-0.2, -0.15) is 0 Å². The summed E-state index contributed by atoms with van der Waals surface area (Å²) in [7, 11) is 2.02. The highest BCUT2D eigenvalue weighted by Crippen LogP contribution is 2.21. The molecular formula is C15H23N. The third-order valence-electron chi connectivity index (χ3n) is 3.01. The molecule has 1 aromatic rings. The second-order valence-electron chi connectivity index (χ2n) is 4.53. The van der Waals surface area contributed by atoms with Gasteiger partial charge in [0, 0.05) is 6.04 Å². The predicted octanol–water partition coefficient (Wildman–Crippen LogP) is 4.04. The third-order valence-corrected chi connectivity index (χ3v) is 3.01. The topological polar surface area (TPSA) is 12.0 Å². The van der Waals surface area contributed by atoms with Gasteiger partial charge in [0.05, 0.1) is 0 Å². The van der Waals surface area contributed by atoms with Gasteiger partial charge in [0.25, 0.3) is 0 Å². The molecule has 1 nitrogen and oxygen atoms in total. The molecule has 0 radical (unpaired) electrons. The maximum absolute atomic E-state index is 3.77. The molecule has 0 bridgehead atoms. The van der Waals surface area contributed by atoms with E-state index in [1.807, 2.05) is 13.1 Å². The Balaban J connectivity index is 2.73. The molecule has 1 heteroatoms. The fraction of sp³-hybridized carbons (Fsp3) is 0.467. The Labute approximate surface area is 99.6 Å². The summed E-state index contributed by atoms with van der Waals surface area (Å²) in [6.07, 6.45) is 4.14. The van der Waals surface area contributed by atoms with Crippen molar-refractivity contribution in [3.05, 3.63) is 48.0 Å². The normalized spacial score (nSPS) is 12.8. The molecule has 0 aliphatic rings. The Morgan fingerprint density at radius 3 is 2.19 bits per heavy atom. The summed E-state index contributed by atoms with van der Waals surface area (Å²) in [5, 5.41) is 3.35. The standard InChI is InChI=1S/C15H23N/c1-5-6-7-15(16-4)14-10-8-13(9-11-14)12(2)3/h5,8-12,15-16H,1,6-7H2,2-4H3. The summed E-state index contributed by atoms with van der Waals surface area (Å²) in [5.74, 6) is 0.607. The smallest absolute Gasteiger partial charge is 0.0320 e. The molecule has 0 aliphatic carbocycles. The number of allylic oxidation sites excluding steroid dienone is 1. The van der Waals surface area contributed by atoms with Crippen molar-refractivity contribution in [2.24, 2.45) is 0 Å². The third kappa shape index (κ3) is 3.49. The molecule has 0 heterocycles. The number of nitrogens with one attached hydrogen (secondary N) is 1. The number of hydrogen-bond acceptors (Lipinski definition) is 1. The molecule has 1 atom stereocenters. The van der Waals surface area contributed by atoms with E-state index in [-0.39, 0.29) is 0 Å². The van der Waals surface area contributed by atoms with Gasteiger partial charge < -0.3 is 5.32 Å². The monoisotopic (exact) mass is 217 g/mol. The summed E-state index contributed by atoms with van der Waals surface area (Å²) in [5.41, 5.74) is 2.77. The average molecular weight is 217 g/mol. The van der Waals surface area contributed by atoms with Crippen LogP contribution in [-0.2, 0) is 0 Å². The van der Waals surface area contributed by atoms with Crippen molar-refractivity contribution in [2.75, 3.05) is 7.05 Å². The summed E-state index contributed by atoms with van der Waals surface area (Å²) in [6, 6.07) is 9.38. The molecule has 0 aromatic heterocycles. The lowest BCUT2D eigenvalue weighted by molar-refractivity contribution is 0.554. The van der Waals surface area contributed by atoms with Crippen LogP contribution in [0, 0.1) is 0 Å². The first kappa shape index (κ1) is 13.0. The van der Waals surface area contributed by atoms with Gasteiger partial charge in [-0.15, -0.1) is 6.58 Å².